The Kier molecular flexibility index (Phi) is 8.17. The molecule has 0 fully saturated rings. The highest BCUT2D eigenvalue weighted by molar-refractivity contribution is 6.09. The van der Waals surface area contributed by atoms with Crippen molar-refractivity contribution < 1.29 is 4.42 Å². The van der Waals surface area contributed by atoms with Gasteiger partial charge in [0.05, 0.1) is 16.7 Å². The maximum atomic E-state index is 6.24. The van der Waals surface area contributed by atoms with E-state index in [1.165, 1.54) is 54.8 Å². The lowest BCUT2D eigenvalue weighted by molar-refractivity contribution is 0.669. The molecule has 286 valence electrons. The van der Waals surface area contributed by atoms with E-state index < -0.39 is 0 Å². The van der Waals surface area contributed by atoms with Crippen molar-refractivity contribution in [1.29, 1.82) is 0 Å². The fourth-order valence-corrected chi connectivity index (χ4v) is 9.25. The molecule has 2 aromatic heterocycles. The molecule has 12 aromatic rings. The molecule has 0 aliphatic rings. The summed E-state index contributed by atoms with van der Waals surface area (Å²) in [7, 11) is 0. The summed E-state index contributed by atoms with van der Waals surface area (Å²) in [6.45, 7) is 0. The average molecular weight is 779 g/mol. The van der Waals surface area contributed by atoms with Crippen LogP contribution in [0.1, 0.15) is 0 Å². The molecule has 0 saturated carbocycles. The smallest absolute Gasteiger partial charge is 0.136 e. The van der Waals surface area contributed by atoms with Gasteiger partial charge in [-0.1, -0.05) is 152 Å². The number of anilines is 3. The molecule has 0 N–H and O–H groups in total. The van der Waals surface area contributed by atoms with Crippen molar-refractivity contribution >= 4 is 71.6 Å². The van der Waals surface area contributed by atoms with Crippen molar-refractivity contribution in [2.45, 2.75) is 0 Å². The predicted octanol–water partition coefficient (Wildman–Crippen LogP) is 16.3. The van der Waals surface area contributed by atoms with Gasteiger partial charge in [0.2, 0.25) is 0 Å². The van der Waals surface area contributed by atoms with E-state index in [9.17, 15) is 0 Å². The highest BCUT2D eigenvalue weighted by Gasteiger charge is 2.17. The molecular weight excluding hydrogens is 741 g/mol. The lowest BCUT2D eigenvalue weighted by Gasteiger charge is -2.27. The van der Waals surface area contributed by atoms with Crippen molar-refractivity contribution in [3.8, 4) is 39.1 Å². The second-order valence-corrected chi connectivity index (χ2v) is 15.7. The van der Waals surface area contributed by atoms with Gasteiger partial charge in [-0.15, -0.1) is 0 Å². The lowest BCUT2D eigenvalue weighted by Crippen LogP contribution is -2.10. The Hall–Kier alpha value is -8.14. The van der Waals surface area contributed by atoms with Gasteiger partial charge in [-0.25, -0.2) is 0 Å². The second kappa shape index (κ2) is 14.3. The molecule has 0 saturated heterocycles. The first kappa shape index (κ1) is 34.9. The fourth-order valence-electron chi connectivity index (χ4n) is 9.25. The third-order valence-corrected chi connectivity index (χ3v) is 12.2. The van der Waals surface area contributed by atoms with Crippen LogP contribution >= 0.6 is 0 Å². The third-order valence-electron chi connectivity index (χ3n) is 12.2. The standard InChI is InChI=1S/C58H38N2O/c1-2-18-49-41(12-1)13-11-24-54(49)59(47-33-28-40(29-34-47)45-30-35-53-52-21-5-8-25-57(52)61-58(53)38-45)46-31-26-39(27-32-46)42-14-9-15-43(36-42)44-16-10-17-48(37-44)60-55-22-6-3-19-50(55)51-20-4-7-23-56(51)60/h1-38H. The number of benzene rings is 10. The van der Waals surface area contributed by atoms with E-state index in [0.717, 1.165) is 55.8 Å². The summed E-state index contributed by atoms with van der Waals surface area (Å²) < 4.78 is 8.62. The normalized spacial score (nSPS) is 11.6. The Morgan fingerprint density at radius 2 is 0.803 bits per heavy atom. The average Bonchev–Trinajstić information content (AvgIpc) is 3.88. The molecule has 10 aromatic carbocycles. The molecule has 12 rings (SSSR count). The topological polar surface area (TPSA) is 21.3 Å². The van der Waals surface area contributed by atoms with E-state index in [4.69, 9.17) is 4.42 Å². The van der Waals surface area contributed by atoms with Gasteiger partial charge in [0.25, 0.3) is 0 Å². The number of nitrogens with zero attached hydrogens (tertiary/aromatic N) is 2. The summed E-state index contributed by atoms with van der Waals surface area (Å²) in [6, 6.07) is 83.0. The fraction of sp³-hybridized carbons (Fsp3) is 0. The first-order valence-corrected chi connectivity index (χ1v) is 20.8. The Morgan fingerprint density at radius 3 is 1.51 bits per heavy atom. The third kappa shape index (κ3) is 5.98. The molecule has 0 spiro atoms. The highest BCUT2D eigenvalue weighted by Crippen LogP contribution is 2.41. The van der Waals surface area contributed by atoms with E-state index in [2.05, 4.69) is 228 Å². The molecular formula is C58H38N2O. The zero-order valence-electron chi connectivity index (χ0n) is 33.2. The molecule has 2 heterocycles. The van der Waals surface area contributed by atoms with Gasteiger partial charge in [0.15, 0.2) is 0 Å². The molecule has 0 bridgehead atoms. The zero-order valence-corrected chi connectivity index (χ0v) is 33.2. The van der Waals surface area contributed by atoms with Gasteiger partial charge in [-0.3, -0.25) is 0 Å². The van der Waals surface area contributed by atoms with Crippen LogP contribution in [0.15, 0.2) is 235 Å². The summed E-state index contributed by atoms with van der Waals surface area (Å²) in [6.07, 6.45) is 0. The summed E-state index contributed by atoms with van der Waals surface area (Å²) in [5.74, 6) is 0. The number of aromatic nitrogens is 1. The number of hydrogen-bond acceptors (Lipinski definition) is 2. The maximum Gasteiger partial charge on any atom is 0.136 e. The first-order chi connectivity index (χ1) is 30.2. The predicted molar refractivity (Wildman–Crippen MR) is 257 cm³/mol. The highest BCUT2D eigenvalue weighted by atomic mass is 16.3. The molecule has 0 aliphatic carbocycles. The number of para-hydroxylation sites is 3. The van der Waals surface area contributed by atoms with Crippen LogP contribution in [0, 0.1) is 0 Å². The molecule has 3 nitrogen and oxygen atoms in total. The van der Waals surface area contributed by atoms with Crippen molar-refractivity contribution in [1.82, 2.24) is 4.57 Å². The lowest BCUT2D eigenvalue weighted by atomic mass is 9.98. The van der Waals surface area contributed by atoms with Crippen LogP contribution in [0.3, 0.4) is 0 Å². The molecule has 0 radical (unpaired) electrons. The first-order valence-electron chi connectivity index (χ1n) is 20.8. The zero-order chi connectivity index (χ0) is 40.3. The minimum absolute atomic E-state index is 0.902. The van der Waals surface area contributed by atoms with Crippen LogP contribution < -0.4 is 4.90 Å². The summed E-state index contributed by atoms with van der Waals surface area (Å²) >= 11 is 0. The molecule has 0 unspecified atom stereocenters. The van der Waals surface area contributed by atoms with Gasteiger partial charge in [0, 0.05) is 44.0 Å². The Morgan fingerprint density at radius 1 is 0.311 bits per heavy atom. The Labute approximate surface area is 353 Å². The second-order valence-electron chi connectivity index (χ2n) is 15.7. The van der Waals surface area contributed by atoms with Crippen LogP contribution in [0.5, 0.6) is 0 Å². The summed E-state index contributed by atoms with van der Waals surface area (Å²) in [4.78, 5) is 2.37. The van der Waals surface area contributed by atoms with Crippen LogP contribution in [0.4, 0.5) is 17.1 Å². The maximum absolute atomic E-state index is 6.24. The minimum Gasteiger partial charge on any atom is -0.456 e. The van der Waals surface area contributed by atoms with Crippen molar-refractivity contribution in [2.75, 3.05) is 4.90 Å². The van der Waals surface area contributed by atoms with Crippen molar-refractivity contribution in [2.24, 2.45) is 0 Å². The van der Waals surface area contributed by atoms with Gasteiger partial charge < -0.3 is 13.9 Å². The monoisotopic (exact) mass is 778 g/mol. The van der Waals surface area contributed by atoms with Crippen molar-refractivity contribution in [3.05, 3.63) is 231 Å². The SMILES string of the molecule is c1cc(-c2ccc(N(c3ccc(-c4ccc5c(c4)oc4ccccc45)cc3)c3cccc4ccccc34)cc2)cc(-c2cccc(-n3c4ccccc4c4ccccc43)c2)c1. The molecule has 3 heteroatoms. The number of furan rings is 1. The molecule has 0 aliphatic heterocycles. The van der Waals surface area contributed by atoms with Crippen LogP contribution in [0.2, 0.25) is 0 Å². The number of fused-ring (bicyclic) bond motifs is 7. The summed E-state index contributed by atoms with van der Waals surface area (Å²) in [5.41, 5.74) is 15.7. The molecule has 0 atom stereocenters. The molecule has 61 heavy (non-hydrogen) atoms. The van der Waals surface area contributed by atoms with Crippen molar-refractivity contribution in [3.63, 3.8) is 0 Å². The van der Waals surface area contributed by atoms with Crippen LogP contribution in [-0.2, 0) is 0 Å². The van der Waals surface area contributed by atoms with Crippen LogP contribution in [-0.4, -0.2) is 4.57 Å². The van der Waals surface area contributed by atoms with Gasteiger partial charge in [-0.2, -0.15) is 0 Å². The van der Waals surface area contributed by atoms with E-state index in [1.54, 1.807) is 0 Å². The van der Waals surface area contributed by atoms with E-state index in [-0.39, 0.29) is 0 Å². The summed E-state index contributed by atoms with van der Waals surface area (Å²) in [5, 5.41) is 7.22. The van der Waals surface area contributed by atoms with Gasteiger partial charge in [-0.05, 0) is 118 Å². The Bertz CT molecular complexity index is 3530. The quantitative estimate of drug-likeness (QED) is 0.161. The number of rotatable bonds is 7. The minimum atomic E-state index is 0.902. The molecule has 0 amide bonds. The van der Waals surface area contributed by atoms with Crippen LogP contribution in [0.25, 0.3) is 93.6 Å². The van der Waals surface area contributed by atoms with E-state index in [1.807, 2.05) is 12.1 Å². The van der Waals surface area contributed by atoms with Gasteiger partial charge >= 0.3 is 0 Å². The largest absolute Gasteiger partial charge is 0.456 e. The number of hydrogen-bond donors (Lipinski definition) is 0. The van der Waals surface area contributed by atoms with E-state index >= 15 is 0 Å². The Balaban J connectivity index is 0.894. The van der Waals surface area contributed by atoms with Gasteiger partial charge in [0.1, 0.15) is 11.2 Å². The van der Waals surface area contributed by atoms with E-state index in [0.29, 0.717) is 0 Å².